The molecular formula is C14H19N3O2. The molecule has 1 aliphatic heterocycles. The summed E-state index contributed by atoms with van der Waals surface area (Å²) in [5.41, 5.74) is 1.29. The highest BCUT2D eigenvalue weighted by atomic mass is 16.2. The molecule has 2 N–H and O–H groups in total. The summed E-state index contributed by atoms with van der Waals surface area (Å²) in [6.45, 7) is 1.91. The van der Waals surface area contributed by atoms with Crippen molar-refractivity contribution in [2.24, 2.45) is 0 Å². The van der Waals surface area contributed by atoms with E-state index in [-0.39, 0.29) is 18.4 Å². The van der Waals surface area contributed by atoms with Gasteiger partial charge in [-0.3, -0.25) is 9.59 Å². The average Bonchev–Trinajstić information content (AvgIpc) is 2.92. The van der Waals surface area contributed by atoms with Crippen molar-refractivity contribution in [3.63, 3.8) is 0 Å². The zero-order chi connectivity index (χ0) is 13.7. The second-order valence-corrected chi connectivity index (χ2v) is 4.66. The van der Waals surface area contributed by atoms with Gasteiger partial charge < -0.3 is 15.5 Å². The molecule has 1 aromatic rings. The lowest BCUT2D eigenvalue weighted by molar-refractivity contribution is -0.115. The summed E-state index contributed by atoms with van der Waals surface area (Å²) >= 11 is 0. The zero-order valence-electron chi connectivity index (χ0n) is 11.1. The molecule has 1 fully saturated rings. The van der Waals surface area contributed by atoms with Crippen LogP contribution >= 0.6 is 0 Å². The van der Waals surface area contributed by atoms with E-state index in [1.807, 2.05) is 4.90 Å². The fraction of sp³-hybridized carbons (Fsp3) is 0.429. The molecule has 5 heteroatoms. The number of hydrogen-bond acceptors (Lipinski definition) is 3. The molecule has 1 saturated heterocycles. The molecule has 0 bridgehead atoms. The van der Waals surface area contributed by atoms with Crippen molar-refractivity contribution in [1.82, 2.24) is 10.2 Å². The third-order valence-corrected chi connectivity index (χ3v) is 3.12. The first-order valence-corrected chi connectivity index (χ1v) is 6.54. The Balaban J connectivity index is 2.05. The molecule has 2 rings (SSSR count). The van der Waals surface area contributed by atoms with Gasteiger partial charge in [-0.2, -0.15) is 0 Å². The fourth-order valence-corrected chi connectivity index (χ4v) is 2.20. The van der Waals surface area contributed by atoms with Crippen molar-refractivity contribution in [2.75, 3.05) is 32.0 Å². The number of nitrogens with zero attached hydrogens (tertiary/aromatic N) is 1. The van der Waals surface area contributed by atoms with E-state index >= 15 is 0 Å². The minimum Gasteiger partial charge on any atom is -0.339 e. The highest BCUT2D eigenvalue weighted by molar-refractivity contribution is 5.97. The molecule has 0 saturated carbocycles. The first-order chi connectivity index (χ1) is 9.20. The number of benzene rings is 1. The van der Waals surface area contributed by atoms with Gasteiger partial charge in [-0.25, -0.2) is 0 Å². The second kappa shape index (κ2) is 6.33. The maximum absolute atomic E-state index is 12.2. The first-order valence-electron chi connectivity index (χ1n) is 6.54. The molecule has 0 atom stereocenters. The lowest BCUT2D eigenvalue weighted by Gasteiger charge is -2.15. The molecule has 0 spiro atoms. The highest BCUT2D eigenvalue weighted by Crippen LogP contribution is 2.16. The number of nitrogens with one attached hydrogen (secondary N) is 2. The zero-order valence-corrected chi connectivity index (χ0v) is 11.1. The van der Waals surface area contributed by atoms with Crippen LogP contribution in [0.25, 0.3) is 0 Å². The highest BCUT2D eigenvalue weighted by Gasteiger charge is 2.19. The lowest BCUT2D eigenvalue weighted by atomic mass is 10.1. The van der Waals surface area contributed by atoms with Crippen LogP contribution in [-0.4, -0.2) is 43.4 Å². The van der Waals surface area contributed by atoms with Gasteiger partial charge in [0.15, 0.2) is 0 Å². The molecule has 1 aromatic carbocycles. The van der Waals surface area contributed by atoms with E-state index in [0.29, 0.717) is 11.3 Å². The predicted molar refractivity (Wildman–Crippen MR) is 74.1 cm³/mol. The number of likely N-dealkylation sites (tertiary alicyclic amines) is 1. The van der Waals surface area contributed by atoms with E-state index in [1.165, 1.54) is 0 Å². The molecular weight excluding hydrogens is 242 g/mol. The minimum absolute atomic E-state index is 0.0437. The van der Waals surface area contributed by atoms with Crippen molar-refractivity contribution in [3.8, 4) is 0 Å². The Kier molecular flexibility index (Phi) is 4.52. The maximum Gasteiger partial charge on any atom is 0.253 e. The summed E-state index contributed by atoms with van der Waals surface area (Å²) in [4.78, 5) is 25.5. The molecule has 2 amide bonds. The van der Waals surface area contributed by atoms with Gasteiger partial charge in [0, 0.05) is 24.3 Å². The third kappa shape index (κ3) is 3.54. The van der Waals surface area contributed by atoms with E-state index < -0.39 is 0 Å². The van der Waals surface area contributed by atoms with Gasteiger partial charge in [0.05, 0.1) is 6.54 Å². The van der Waals surface area contributed by atoms with Crippen LogP contribution in [0.3, 0.4) is 0 Å². The number of likely N-dealkylation sites (N-methyl/N-ethyl adjacent to an activating group) is 1. The van der Waals surface area contributed by atoms with E-state index in [9.17, 15) is 9.59 Å². The Morgan fingerprint density at radius 1 is 1.26 bits per heavy atom. The second-order valence-electron chi connectivity index (χ2n) is 4.66. The van der Waals surface area contributed by atoms with Crippen LogP contribution in [0.1, 0.15) is 23.2 Å². The standard InChI is InChI=1S/C14H19N3O2/c1-15-10-13(18)16-12-6-4-5-11(9-12)14(19)17-7-2-3-8-17/h4-6,9,15H,2-3,7-8,10H2,1H3,(H,16,18). The topological polar surface area (TPSA) is 61.4 Å². The van der Waals surface area contributed by atoms with Gasteiger partial charge in [-0.1, -0.05) is 6.07 Å². The third-order valence-electron chi connectivity index (χ3n) is 3.12. The van der Waals surface area contributed by atoms with Crippen molar-refractivity contribution in [3.05, 3.63) is 29.8 Å². The Morgan fingerprint density at radius 3 is 2.68 bits per heavy atom. The number of anilines is 1. The number of amides is 2. The summed E-state index contributed by atoms with van der Waals surface area (Å²) in [5.74, 6) is -0.0736. The molecule has 0 aliphatic carbocycles. The van der Waals surface area contributed by atoms with E-state index in [1.54, 1.807) is 31.3 Å². The van der Waals surface area contributed by atoms with Crippen molar-refractivity contribution >= 4 is 17.5 Å². The van der Waals surface area contributed by atoms with Gasteiger partial charge in [0.2, 0.25) is 5.91 Å². The Morgan fingerprint density at radius 2 is 2.00 bits per heavy atom. The summed E-state index contributed by atoms with van der Waals surface area (Å²) in [5, 5.41) is 5.54. The molecule has 102 valence electrons. The number of hydrogen-bond donors (Lipinski definition) is 2. The molecule has 1 heterocycles. The smallest absolute Gasteiger partial charge is 0.253 e. The molecule has 5 nitrogen and oxygen atoms in total. The van der Waals surface area contributed by atoms with Gasteiger partial charge in [-0.15, -0.1) is 0 Å². The summed E-state index contributed by atoms with van der Waals surface area (Å²) < 4.78 is 0. The number of rotatable bonds is 4. The van der Waals surface area contributed by atoms with Crippen molar-refractivity contribution in [2.45, 2.75) is 12.8 Å². The van der Waals surface area contributed by atoms with Crippen molar-refractivity contribution < 1.29 is 9.59 Å². The van der Waals surface area contributed by atoms with Gasteiger partial charge >= 0.3 is 0 Å². The van der Waals surface area contributed by atoms with Crippen LogP contribution in [0.5, 0.6) is 0 Å². The number of carbonyl (C=O) groups is 2. The molecule has 0 unspecified atom stereocenters. The monoisotopic (exact) mass is 261 g/mol. The van der Waals surface area contributed by atoms with Crippen LogP contribution in [0.2, 0.25) is 0 Å². The quantitative estimate of drug-likeness (QED) is 0.852. The molecule has 19 heavy (non-hydrogen) atoms. The van der Waals surface area contributed by atoms with E-state index in [0.717, 1.165) is 25.9 Å². The summed E-state index contributed by atoms with van der Waals surface area (Å²) in [6, 6.07) is 7.09. The normalized spacial score (nSPS) is 14.5. The fourth-order valence-electron chi connectivity index (χ4n) is 2.20. The van der Waals surface area contributed by atoms with Crippen molar-refractivity contribution in [1.29, 1.82) is 0 Å². The predicted octanol–water partition coefficient (Wildman–Crippen LogP) is 1.08. The molecule has 1 aliphatic rings. The minimum atomic E-state index is -0.117. The van der Waals surface area contributed by atoms with Gasteiger partial charge in [-0.05, 0) is 38.1 Å². The largest absolute Gasteiger partial charge is 0.339 e. The first kappa shape index (κ1) is 13.5. The lowest BCUT2D eigenvalue weighted by Crippen LogP contribution is -2.28. The molecule has 0 radical (unpaired) electrons. The van der Waals surface area contributed by atoms with Crippen LogP contribution in [0.15, 0.2) is 24.3 Å². The summed E-state index contributed by atoms with van der Waals surface area (Å²) in [6.07, 6.45) is 2.15. The number of carbonyl (C=O) groups excluding carboxylic acids is 2. The van der Waals surface area contributed by atoms with Gasteiger partial charge in [0.1, 0.15) is 0 Å². The summed E-state index contributed by atoms with van der Waals surface area (Å²) in [7, 11) is 1.72. The Bertz CT molecular complexity index is 468. The Hall–Kier alpha value is -1.88. The van der Waals surface area contributed by atoms with Crippen LogP contribution in [-0.2, 0) is 4.79 Å². The van der Waals surface area contributed by atoms with Crippen LogP contribution in [0, 0.1) is 0 Å². The van der Waals surface area contributed by atoms with E-state index in [2.05, 4.69) is 10.6 Å². The van der Waals surface area contributed by atoms with E-state index in [4.69, 9.17) is 0 Å². The molecule has 0 aromatic heterocycles. The SMILES string of the molecule is CNCC(=O)Nc1cccc(C(=O)N2CCCC2)c1. The van der Waals surface area contributed by atoms with Gasteiger partial charge in [0.25, 0.3) is 5.91 Å². The maximum atomic E-state index is 12.2. The average molecular weight is 261 g/mol. The van der Waals surface area contributed by atoms with Crippen LogP contribution in [0.4, 0.5) is 5.69 Å². The Labute approximate surface area is 113 Å². The van der Waals surface area contributed by atoms with Crippen LogP contribution < -0.4 is 10.6 Å².